The molecule has 0 saturated carbocycles. The minimum atomic E-state index is 0.621. The molecule has 0 saturated heterocycles. The molecule has 0 aliphatic rings. The molecule has 148 valence electrons. The summed E-state index contributed by atoms with van der Waals surface area (Å²) in [6.07, 6.45) is 2.41. The molecule has 4 nitrogen and oxygen atoms in total. The van der Waals surface area contributed by atoms with Crippen molar-refractivity contribution < 1.29 is 4.74 Å². The van der Waals surface area contributed by atoms with E-state index in [1.165, 1.54) is 16.7 Å². The van der Waals surface area contributed by atoms with Crippen LogP contribution in [-0.2, 0) is 0 Å². The summed E-state index contributed by atoms with van der Waals surface area (Å²) in [5.41, 5.74) is 8.28. The van der Waals surface area contributed by atoms with Crippen LogP contribution in [0.3, 0.4) is 0 Å². The van der Waals surface area contributed by atoms with Gasteiger partial charge in [-0.2, -0.15) is 0 Å². The normalized spacial score (nSPS) is 12.2. The van der Waals surface area contributed by atoms with Crippen LogP contribution in [0.5, 0.6) is 5.75 Å². The third-order valence-corrected chi connectivity index (χ3v) is 4.66. The van der Waals surface area contributed by atoms with Crippen molar-refractivity contribution in [2.75, 3.05) is 7.11 Å². The maximum absolute atomic E-state index is 5.24. The predicted molar refractivity (Wildman–Crippen MR) is 121 cm³/mol. The standard InChI is InChI=1S/C25H27N3O/c1-17-14-18(2)25(19(3)15-17)27-20(4)16-24(23-8-6-7-13-26-23)28-21-9-11-22(29-5)12-10-21/h6-15H,16H2,1-5H3. The van der Waals surface area contributed by atoms with Crippen LogP contribution in [0.25, 0.3) is 0 Å². The maximum Gasteiger partial charge on any atom is 0.119 e. The van der Waals surface area contributed by atoms with Crippen LogP contribution in [0.15, 0.2) is 70.8 Å². The van der Waals surface area contributed by atoms with E-state index < -0.39 is 0 Å². The van der Waals surface area contributed by atoms with E-state index >= 15 is 0 Å². The van der Waals surface area contributed by atoms with Crippen molar-refractivity contribution in [1.29, 1.82) is 0 Å². The van der Waals surface area contributed by atoms with E-state index in [4.69, 9.17) is 14.7 Å². The van der Waals surface area contributed by atoms with E-state index in [9.17, 15) is 0 Å². The summed E-state index contributed by atoms with van der Waals surface area (Å²) in [7, 11) is 1.66. The molecular formula is C25H27N3O. The lowest BCUT2D eigenvalue weighted by Crippen LogP contribution is -2.08. The molecule has 29 heavy (non-hydrogen) atoms. The van der Waals surface area contributed by atoms with Crippen molar-refractivity contribution in [1.82, 2.24) is 4.98 Å². The van der Waals surface area contributed by atoms with Gasteiger partial charge in [-0.05, 0) is 75.2 Å². The van der Waals surface area contributed by atoms with Gasteiger partial charge in [-0.25, -0.2) is 0 Å². The molecule has 4 heteroatoms. The number of hydrogen-bond acceptors (Lipinski definition) is 4. The second-order valence-electron chi connectivity index (χ2n) is 7.24. The van der Waals surface area contributed by atoms with Crippen LogP contribution >= 0.6 is 0 Å². The van der Waals surface area contributed by atoms with Crippen molar-refractivity contribution in [3.63, 3.8) is 0 Å². The van der Waals surface area contributed by atoms with Crippen LogP contribution in [0, 0.1) is 20.8 Å². The number of aliphatic imine (C=N–C) groups is 2. The molecule has 0 unspecified atom stereocenters. The molecular weight excluding hydrogens is 358 g/mol. The van der Waals surface area contributed by atoms with Gasteiger partial charge in [0, 0.05) is 18.3 Å². The number of nitrogens with zero attached hydrogens (tertiary/aromatic N) is 3. The zero-order valence-electron chi connectivity index (χ0n) is 17.7. The van der Waals surface area contributed by atoms with Crippen molar-refractivity contribution in [2.24, 2.45) is 9.98 Å². The Hall–Kier alpha value is -3.27. The van der Waals surface area contributed by atoms with Gasteiger partial charge in [0.2, 0.25) is 0 Å². The highest BCUT2D eigenvalue weighted by atomic mass is 16.5. The van der Waals surface area contributed by atoms with Crippen molar-refractivity contribution in [2.45, 2.75) is 34.1 Å². The number of aryl methyl sites for hydroxylation is 3. The van der Waals surface area contributed by atoms with Gasteiger partial charge in [0.15, 0.2) is 0 Å². The third kappa shape index (κ3) is 5.38. The summed E-state index contributed by atoms with van der Waals surface area (Å²) in [6, 6.07) is 17.9. The second-order valence-corrected chi connectivity index (χ2v) is 7.24. The highest BCUT2D eigenvalue weighted by Crippen LogP contribution is 2.26. The Morgan fingerprint density at radius 3 is 2.21 bits per heavy atom. The highest BCUT2D eigenvalue weighted by molar-refractivity contribution is 6.12. The molecule has 0 aliphatic heterocycles. The van der Waals surface area contributed by atoms with Crippen LogP contribution in [-0.4, -0.2) is 23.5 Å². The van der Waals surface area contributed by atoms with Gasteiger partial charge in [0.05, 0.1) is 29.9 Å². The van der Waals surface area contributed by atoms with E-state index in [1.807, 2.05) is 49.4 Å². The van der Waals surface area contributed by atoms with Gasteiger partial charge >= 0.3 is 0 Å². The molecule has 0 N–H and O–H groups in total. The fourth-order valence-electron chi connectivity index (χ4n) is 3.35. The lowest BCUT2D eigenvalue weighted by atomic mass is 10.0. The van der Waals surface area contributed by atoms with Crippen molar-refractivity contribution in [3.8, 4) is 5.75 Å². The fourth-order valence-corrected chi connectivity index (χ4v) is 3.35. The van der Waals surface area contributed by atoms with Crippen molar-refractivity contribution in [3.05, 3.63) is 83.2 Å². The molecule has 1 heterocycles. The molecule has 3 aromatic rings. The average Bonchev–Trinajstić information content (AvgIpc) is 2.71. The van der Waals surface area contributed by atoms with Gasteiger partial charge in [0.25, 0.3) is 0 Å². The van der Waals surface area contributed by atoms with E-state index in [0.29, 0.717) is 6.42 Å². The minimum absolute atomic E-state index is 0.621. The molecule has 0 radical (unpaired) electrons. The van der Waals surface area contributed by atoms with Gasteiger partial charge in [-0.3, -0.25) is 15.0 Å². The van der Waals surface area contributed by atoms with Crippen LogP contribution in [0.2, 0.25) is 0 Å². The van der Waals surface area contributed by atoms with E-state index in [-0.39, 0.29) is 0 Å². The smallest absolute Gasteiger partial charge is 0.119 e. The van der Waals surface area contributed by atoms with Gasteiger partial charge in [0.1, 0.15) is 5.75 Å². The Bertz CT molecular complexity index is 1010. The highest BCUT2D eigenvalue weighted by Gasteiger charge is 2.10. The summed E-state index contributed by atoms with van der Waals surface area (Å²) in [6.45, 7) is 8.38. The van der Waals surface area contributed by atoms with E-state index in [2.05, 4.69) is 37.9 Å². The summed E-state index contributed by atoms with van der Waals surface area (Å²) in [4.78, 5) is 14.3. The minimum Gasteiger partial charge on any atom is -0.497 e. The zero-order chi connectivity index (χ0) is 20.8. The first-order chi connectivity index (χ1) is 14.0. The quantitative estimate of drug-likeness (QED) is 0.466. The Labute approximate surface area is 173 Å². The molecule has 3 rings (SSSR count). The fraction of sp³-hybridized carbons (Fsp3) is 0.240. The Morgan fingerprint density at radius 1 is 0.931 bits per heavy atom. The molecule has 0 atom stereocenters. The SMILES string of the molecule is COc1ccc(N=C(CC(C)=Nc2c(C)cc(C)cc2C)c2ccccn2)cc1. The van der Waals surface area contributed by atoms with Crippen molar-refractivity contribution >= 4 is 22.8 Å². The van der Waals surface area contributed by atoms with Gasteiger partial charge < -0.3 is 4.74 Å². The predicted octanol–water partition coefficient (Wildman–Crippen LogP) is 6.32. The monoisotopic (exact) mass is 385 g/mol. The molecule has 0 fully saturated rings. The maximum atomic E-state index is 5.24. The summed E-state index contributed by atoms with van der Waals surface area (Å²) in [5.74, 6) is 0.811. The molecule has 0 spiro atoms. The van der Waals surface area contributed by atoms with E-state index in [0.717, 1.165) is 34.2 Å². The number of methoxy groups -OCH3 is 1. The average molecular weight is 386 g/mol. The Kier molecular flexibility index (Phi) is 6.55. The Morgan fingerprint density at radius 2 is 1.62 bits per heavy atom. The number of benzene rings is 2. The zero-order valence-corrected chi connectivity index (χ0v) is 17.7. The number of aromatic nitrogens is 1. The van der Waals surface area contributed by atoms with Gasteiger partial charge in [-0.1, -0.05) is 23.8 Å². The molecule has 0 bridgehead atoms. The van der Waals surface area contributed by atoms with Gasteiger partial charge in [-0.15, -0.1) is 0 Å². The summed E-state index contributed by atoms with van der Waals surface area (Å²) in [5, 5.41) is 0. The first kappa shape index (κ1) is 20.5. The summed E-state index contributed by atoms with van der Waals surface area (Å²) >= 11 is 0. The second kappa shape index (κ2) is 9.28. The van der Waals surface area contributed by atoms with Crippen LogP contribution < -0.4 is 4.74 Å². The topological polar surface area (TPSA) is 46.8 Å². The lowest BCUT2D eigenvalue weighted by Gasteiger charge is -2.10. The molecule has 0 aliphatic carbocycles. The molecule has 0 amide bonds. The Balaban J connectivity index is 1.96. The first-order valence-electron chi connectivity index (χ1n) is 9.71. The molecule has 1 aromatic heterocycles. The number of pyridine rings is 1. The number of hydrogen-bond donors (Lipinski definition) is 0. The van der Waals surface area contributed by atoms with E-state index in [1.54, 1.807) is 13.3 Å². The first-order valence-corrected chi connectivity index (χ1v) is 9.71. The third-order valence-electron chi connectivity index (χ3n) is 4.66. The number of ether oxygens (including phenoxy) is 1. The number of rotatable bonds is 6. The summed E-state index contributed by atoms with van der Waals surface area (Å²) < 4.78 is 5.24. The largest absolute Gasteiger partial charge is 0.497 e. The molecule has 2 aromatic carbocycles. The lowest BCUT2D eigenvalue weighted by molar-refractivity contribution is 0.415. The van der Waals surface area contributed by atoms with Crippen LogP contribution in [0.1, 0.15) is 35.7 Å². The van der Waals surface area contributed by atoms with Crippen LogP contribution in [0.4, 0.5) is 11.4 Å².